The summed E-state index contributed by atoms with van der Waals surface area (Å²) in [4.78, 5) is 16.9. The van der Waals surface area contributed by atoms with Crippen LogP contribution in [-0.4, -0.2) is 37.0 Å². The Bertz CT molecular complexity index is 706. The minimum Gasteiger partial charge on any atom is -0.376 e. The molecule has 144 valence electrons. The largest absolute Gasteiger partial charge is 0.376 e. The van der Waals surface area contributed by atoms with E-state index in [1.165, 1.54) is 18.5 Å². The SMILES string of the molecule is CCN(Cc1ccccc1)C(=O)CNc1ccc(N2CCC(C)CC2)cc1. The summed E-state index contributed by atoms with van der Waals surface area (Å²) < 4.78 is 0. The third-order valence-electron chi connectivity index (χ3n) is 5.41. The summed E-state index contributed by atoms with van der Waals surface area (Å²) in [5.74, 6) is 0.959. The molecule has 1 aliphatic heterocycles. The Hall–Kier alpha value is -2.49. The van der Waals surface area contributed by atoms with Gasteiger partial charge in [0.1, 0.15) is 0 Å². The lowest BCUT2D eigenvalue weighted by Crippen LogP contribution is -2.35. The van der Waals surface area contributed by atoms with Crippen molar-refractivity contribution in [2.75, 3.05) is 36.4 Å². The maximum Gasteiger partial charge on any atom is 0.242 e. The molecule has 3 rings (SSSR count). The number of carbonyl (C=O) groups excluding carboxylic acids is 1. The second kappa shape index (κ2) is 9.45. The van der Waals surface area contributed by atoms with Gasteiger partial charge in [-0.15, -0.1) is 0 Å². The van der Waals surface area contributed by atoms with Crippen LogP contribution in [0.2, 0.25) is 0 Å². The van der Waals surface area contributed by atoms with Crippen molar-refractivity contribution in [3.05, 3.63) is 60.2 Å². The Labute approximate surface area is 163 Å². The molecule has 1 saturated heterocycles. The molecule has 0 spiro atoms. The molecule has 1 heterocycles. The van der Waals surface area contributed by atoms with Crippen LogP contribution < -0.4 is 10.2 Å². The average Bonchev–Trinajstić information content (AvgIpc) is 2.72. The van der Waals surface area contributed by atoms with E-state index in [1.807, 2.05) is 30.0 Å². The third kappa shape index (κ3) is 5.49. The number of hydrogen-bond donors (Lipinski definition) is 1. The van der Waals surface area contributed by atoms with Gasteiger partial charge in [-0.3, -0.25) is 4.79 Å². The van der Waals surface area contributed by atoms with Gasteiger partial charge < -0.3 is 15.1 Å². The molecule has 4 heteroatoms. The average molecular weight is 366 g/mol. The number of piperidine rings is 1. The van der Waals surface area contributed by atoms with Crippen LogP contribution in [0.3, 0.4) is 0 Å². The van der Waals surface area contributed by atoms with E-state index in [9.17, 15) is 4.79 Å². The van der Waals surface area contributed by atoms with E-state index in [0.717, 1.165) is 30.3 Å². The minimum atomic E-state index is 0.121. The molecule has 0 aliphatic carbocycles. The maximum atomic E-state index is 12.6. The number of benzene rings is 2. The van der Waals surface area contributed by atoms with Crippen molar-refractivity contribution >= 4 is 17.3 Å². The molecule has 4 nitrogen and oxygen atoms in total. The van der Waals surface area contributed by atoms with Gasteiger partial charge in [0.05, 0.1) is 6.54 Å². The summed E-state index contributed by atoms with van der Waals surface area (Å²) in [7, 11) is 0. The monoisotopic (exact) mass is 365 g/mol. The Morgan fingerprint density at radius 1 is 1.07 bits per heavy atom. The normalized spacial score (nSPS) is 14.8. The highest BCUT2D eigenvalue weighted by molar-refractivity contribution is 5.81. The lowest BCUT2D eigenvalue weighted by Gasteiger charge is -2.32. The fourth-order valence-corrected chi connectivity index (χ4v) is 3.53. The van der Waals surface area contributed by atoms with E-state index in [-0.39, 0.29) is 5.91 Å². The molecule has 0 bridgehead atoms. The van der Waals surface area contributed by atoms with Crippen molar-refractivity contribution < 1.29 is 4.79 Å². The molecule has 1 aliphatic rings. The van der Waals surface area contributed by atoms with Crippen molar-refractivity contribution in [3.8, 4) is 0 Å². The number of anilines is 2. The summed E-state index contributed by atoms with van der Waals surface area (Å²) in [6.45, 7) is 8.32. The second-order valence-electron chi connectivity index (χ2n) is 7.46. The van der Waals surface area contributed by atoms with Gasteiger partial charge in [-0.1, -0.05) is 37.3 Å². The summed E-state index contributed by atoms with van der Waals surface area (Å²) >= 11 is 0. The van der Waals surface area contributed by atoms with Gasteiger partial charge in [0.25, 0.3) is 0 Å². The van der Waals surface area contributed by atoms with Crippen LogP contribution in [0.1, 0.15) is 32.3 Å². The predicted octanol–water partition coefficient (Wildman–Crippen LogP) is 4.38. The second-order valence-corrected chi connectivity index (χ2v) is 7.46. The standard InChI is InChI=1S/C23H31N3O/c1-3-25(18-20-7-5-4-6-8-20)23(27)17-24-21-9-11-22(12-10-21)26-15-13-19(2)14-16-26/h4-12,19,24H,3,13-18H2,1-2H3. The van der Waals surface area contributed by atoms with Crippen molar-refractivity contribution in [2.45, 2.75) is 33.2 Å². The molecule has 0 radical (unpaired) electrons. The van der Waals surface area contributed by atoms with Crippen LogP contribution >= 0.6 is 0 Å². The molecular formula is C23H31N3O. The van der Waals surface area contributed by atoms with Gasteiger partial charge in [0, 0.05) is 37.6 Å². The Balaban J connectivity index is 1.50. The smallest absolute Gasteiger partial charge is 0.242 e. The van der Waals surface area contributed by atoms with E-state index in [2.05, 4.69) is 53.5 Å². The van der Waals surface area contributed by atoms with Crippen LogP contribution in [0.4, 0.5) is 11.4 Å². The van der Waals surface area contributed by atoms with Gasteiger partial charge in [0.2, 0.25) is 5.91 Å². The first-order valence-corrected chi connectivity index (χ1v) is 10.1. The van der Waals surface area contributed by atoms with Gasteiger partial charge in [-0.2, -0.15) is 0 Å². The van der Waals surface area contributed by atoms with Gasteiger partial charge in [-0.05, 0) is 55.5 Å². The van der Waals surface area contributed by atoms with Crippen LogP contribution in [0.15, 0.2) is 54.6 Å². The first-order chi connectivity index (χ1) is 13.2. The molecule has 0 atom stereocenters. The molecule has 2 aromatic carbocycles. The van der Waals surface area contributed by atoms with Gasteiger partial charge >= 0.3 is 0 Å². The van der Waals surface area contributed by atoms with E-state index in [0.29, 0.717) is 19.6 Å². The number of amides is 1. The quantitative estimate of drug-likeness (QED) is 0.791. The molecular weight excluding hydrogens is 334 g/mol. The van der Waals surface area contributed by atoms with Crippen LogP contribution in [-0.2, 0) is 11.3 Å². The Morgan fingerprint density at radius 2 is 1.74 bits per heavy atom. The van der Waals surface area contributed by atoms with E-state index in [4.69, 9.17) is 0 Å². The lowest BCUT2D eigenvalue weighted by molar-refractivity contribution is -0.129. The molecule has 27 heavy (non-hydrogen) atoms. The Morgan fingerprint density at radius 3 is 2.37 bits per heavy atom. The van der Waals surface area contributed by atoms with E-state index < -0.39 is 0 Å². The summed E-state index contributed by atoms with van der Waals surface area (Å²) in [5.41, 5.74) is 3.43. The zero-order valence-corrected chi connectivity index (χ0v) is 16.5. The van der Waals surface area contributed by atoms with Gasteiger partial charge in [-0.25, -0.2) is 0 Å². The molecule has 1 fully saturated rings. The molecule has 0 aromatic heterocycles. The van der Waals surface area contributed by atoms with Gasteiger partial charge in [0.15, 0.2) is 0 Å². The summed E-state index contributed by atoms with van der Waals surface area (Å²) in [6, 6.07) is 18.6. The van der Waals surface area contributed by atoms with Crippen LogP contribution in [0, 0.1) is 5.92 Å². The number of hydrogen-bond acceptors (Lipinski definition) is 3. The molecule has 1 N–H and O–H groups in total. The zero-order valence-electron chi connectivity index (χ0n) is 16.5. The highest BCUT2D eigenvalue weighted by Crippen LogP contribution is 2.24. The van der Waals surface area contributed by atoms with Crippen molar-refractivity contribution in [1.82, 2.24) is 4.90 Å². The van der Waals surface area contributed by atoms with E-state index >= 15 is 0 Å². The molecule has 1 amide bonds. The van der Waals surface area contributed by atoms with Crippen LogP contribution in [0.5, 0.6) is 0 Å². The fraction of sp³-hybridized carbons (Fsp3) is 0.435. The molecule has 2 aromatic rings. The maximum absolute atomic E-state index is 12.6. The van der Waals surface area contributed by atoms with Crippen LogP contribution in [0.25, 0.3) is 0 Å². The van der Waals surface area contributed by atoms with E-state index in [1.54, 1.807) is 0 Å². The first kappa shape index (κ1) is 19.3. The van der Waals surface area contributed by atoms with Crippen molar-refractivity contribution in [1.29, 1.82) is 0 Å². The number of nitrogens with zero attached hydrogens (tertiary/aromatic N) is 2. The number of likely N-dealkylation sites (N-methyl/N-ethyl adjacent to an activating group) is 1. The zero-order chi connectivity index (χ0) is 19.1. The summed E-state index contributed by atoms with van der Waals surface area (Å²) in [6.07, 6.45) is 2.53. The lowest BCUT2D eigenvalue weighted by atomic mass is 9.99. The number of rotatable bonds is 7. The van der Waals surface area contributed by atoms with Crippen molar-refractivity contribution in [3.63, 3.8) is 0 Å². The Kier molecular flexibility index (Phi) is 6.74. The number of nitrogens with one attached hydrogen (secondary N) is 1. The highest BCUT2D eigenvalue weighted by Gasteiger charge is 2.16. The third-order valence-corrected chi connectivity index (χ3v) is 5.41. The van der Waals surface area contributed by atoms with Crippen molar-refractivity contribution in [2.24, 2.45) is 5.92 Å². The first-order valence-electron chi connectivity index (χ1n) is 10.1. The predicted molar refractivity (Wildman–Crippen MR) is 113 cm³/mol. The fourth-order valence-electron chi connectivity index (χ4n) is 3.53. The number of carbonyl (C=O) groups is 1. The highest BCUT2D eigenvalue weighted by atomic mass is 16.2. The molecule has 0 unspecified atom stereocenters. The molecule has 0 saturated carbocycles. The summed E-state index contributed by atoms with van der Waals surface area (Å²) in [5, 5.41) is 3.27. The topological polar surface area (TPSA) is 35.6 Å². The minimum absolute atomic E-state index is 0.121.